The molecule has 1 saturated heterocycles. The van der Waals surface area contributed by atoms with Crippen molar-refractivity contribution < 1.29 is 14.4 Å². The molecule has 6 nitrogen and oxygen atoms in total. The highest BCUT2D eigenvalue weighted by Crippen LogP contribution is 2.29. The van der Waals surface area contributed by atoms with Gasteiger partial charge in [0.25, 0.3) is 0 Å². The molecule has 5 unspecified atom stereocenters. The molecule has 25 heavy (non-hydrogen) atoms. The fraction of sp³-hybridized carbons (Fsp3) is 0.294. The van der Waals surface area contributed by atoms with Crippen LogP contribution in [-0.4, -0.2) is 41.8 Å². The molecule has 0 amide bonds. The first-order valence-corrected chi connectivity index (χ1v) is 8.94. The van der Waals surface area contributed by atoms with Crippen LogP contribution in [0.2, 0.25) is 0 Å². The Balaban J connectivity index is 1.81. The molecule has 1 aliphatic heterocycles. The van der Waals surface area contributed by atoms with Gasteiger partial charge in [0, 0.05) is 6.21 Å². The van der Waals surface area contributed by atoms with Crippen LogP contribution < -0.4 is 0 Å². The zero-order valence-corrected chi connectivity index (χ0v) is 16.4. The second-order valence-corrected chi connectivity index (χ2v) is 6.68. The minimum absolute atomic E-state index is 0.0534. The Morgan fingerprint density at radius 3 is 2.56 bits per heavy atom. The molecule has 1 heterocycles. The second kappa shape index (κ2) is 9.67. The maximum atomic E-state index is 11.0. The number of benzene rings is 1. The van der Waals surface area contributed by atoms with E-state index in [4.69, 9.17) is 9.57 Å². The maximum absolute atomic E-state index is 11.0. The molecule has 1 aliphatic rings. The number of hydrogen-bond acceptors (Lipinski definition) is 5. The third-order valence-corrected chi connectivity index (χ3v) is 4.37. The Morgan fingerprint density at radius 1 is 1.32 bits per heavy atom. The van der Waals surface area contributed by atoms with Gasteiger partial charge in [-0.25, -0.2) is 4.99 Å². The fourth-order valence-corrected chi connectivity index (χ4v) is 2.29. The van der Waals surface area contributed by atoms with Crippen molar-refractivity contribution in [3.63, 3.8) is 0 Å². The Hall–Kier alpha value is -1.74. The first-order valence-electron chi connectivity index (χ1n) is 7.69. The number of rotatable bonds is 8. The van der Waals surface area contributed by atoms with Gasteiger partial charge in [-0.3, -0.25) is 9.79 Å². The van der Waals surface area contributed by atoms with Crippen LogP contribution in [0.15, 0.2) is 45.7 Å². The van der Waals surface area contributed by atoms with Crippen molar-refractivity contribution in [2.75, 3.05) is 0 Å². The molecule has 2 rings (SSSR count). The maximum Gasteiger partial charge on any atom is 0.172 e. The van der Waals surface area contributed by atoms with E-state index in [1.165, 1.54) is 12.6 Å². The fourth-order valence-electron chi connectivity index (χ4n) is 1.76. The Kier molecular flexibility index (Phi) is 7.57. The first kappa shape index (κ1) is 19.6. The molecule has 0 aromatic heterocycles. The summed E-state index contributed by atoms with van der Waals surface area (Å²) in [5.41, 5.74) is 2.66. The van der Waals surface area contributed by atoms with Crippen LogP contribution in [0.3, 0.4) is 0 Å². The lowest BCUT2D eigenvalue weighted by Gasteiger charge is -1.97. The molecule has 5 atom stereocenters. The minimum Gasteiger partial charge on any atom is -0.365 e. The summed E-state index contributed by atoms with van der Waals surface area (Å²) in [6, 6.07) is 7.33. The van der Waals surface area contributed by atoms with Gasteiger partial charge in [0.1, 0.15) is 30.6 Å². The summed E-state index contributed by atoms with van der Waals surface area (Å²) < 4.78 is 5.26. The molecule has 0 radical (unpaired) electrons. The Labute approximate surface area is 151 Å². The molecule has 8 heteroatoms. The zero-order chi connectivity index (χ0) is 18.2. The van der Waals surface area contributed by atoms with Crippen LogP contribution >= 0.6 is 18.5 Å². The smallest absolute Gasteiger partial charge is 0.172 e. The van der Waals surface area contributed by atoms with Crippen molar-refractivity contribution in [2.24, 2.45) is 15.1 Å². The molecular weight excluding hydrogens is 356 g/mol. The standard InChI is InChI=1S/C17H21N3O3P2/c1-11(15-17(25)23-15)20-22-8-7-13-3-5-14(6-4-13)9-18-10-19-12(2)16(21)24/h3-10,12,15,17H,24-25H2,1-2H3/b8-7+,18-9?,19-10?,20-11?. The van der Waals surface area contributed by atoms with Crippen LogP contribution in [0.25, 0.3) is 6.08 Å². The van der Waals surface area contributed by atoms with Gasteiger partial charge in [0.05, 0.1) is 5.71 Å². The van der Waals surface area contributed by atoms with Gasteiger partial charge in [-0.05, 0) is 31.1 Å². The third-order valence-electron chi connectivity index (χ3n) is 3.38. The van der Waals surface area contributed by atoms with E-state index in [2.05, 4.69) is 33.6 Å². The molecule has 1 fully saturated rings. The highest BCUT2D eigenvalue weighted by Gasteiger charge is 2.37. The van der Waals surface area contributed by atoms with Crippen molar-refractivity contribution in [1.82, 2.24) is 0 Å². The number of carbonyl (C=O) groups is 1. The molecule has 0 spiro atoms. The van der Waals surface area contributed by atoms with Gasteiger partial charge in [-0.2, -0.15) is 0 Å². The molecule has 0 aliphatic carbocycles. The third kappa shape index (κ3) is 6.95. The Bertz CT molecular complexity index is 714. The number of carbonyl (C=O) groups excluding carboxylic acids is 1. The lowest BCUT2D eigenvalue weighted by Crippen LogP contribution is -2.06. The molecule has 0 N–H and O–H groups in total. The van der Waals surface area contributed by atoms with Crippen molar-refractivity contribution in [3.05, 3.63) is 41.7 Å². The van der Waals surface area contributed by atoms with Crippen molar-refractivity contribution >= 4 is 48.3 Å². The van der Waals surface area contributed by atoms with Crippen molar-refractivity contribution in [1.29, 1.82) is 0 Å². The zero-order valence-electron chi connectivity index (χ0n) is 14.1. The van der Waals surface area contributed by atoms with Gasteiger partial charge in [0.2, 0.25) is 0 Å². The highest BCUT2D eigenvalue weighted by atomic mass is 31.0. The van der Waals surface area contributed by atoms with Crippen LogP contribution in [0.1, 0.15) is 25.0 Å². The van der Waals surface area contributed by atoms with Crippen LogP contribution in [0.4, 0.5) is 0 Å². The number of oxime groups is 1. The summed E-state index contributed by atoms with van der Waals surface area (Å²) in [6.45, 7) is 3.59. The lowest BCUT2D eigenvalue weighted by molar-refractivity contribution is -0.111. The predicted octanol–water partition coefficient (Wildman–Crippen LogP) is 2.89. The van der Waals surface area contributed by atoms with E-state index in [1.54, 1.807) is 13.1 Å². The summed E-state index contributed by atoms with van der Waals surface area (Å²) in [7, 11) is 4.70. The SMILES string of the molecule is CC(=NO/C=C/c1ccc(C=NC=NC(C)C(=O)P)cc1)C1OC1P. The summed E-state index contributed by atoms with van der Waals surface area (Å²) >= 11 is 0. The summed E-state index contributed by atoms with van der Waals surface area (Å²) in [5.74, 6) is 0.153. The minimum atomic E-state index is -0.394. The molecule has 0 saturated carbocycles. The van der Waals surface area contributed by atoms with E-state index in [0.717, 1.165) is 16.8 Å². The summed E-state index contributed by atoms with van der Waals surface area (Å²) in [5, 5.41) is 3.98. The quantitative estimate of drug-likeness (QED) is 0.175. The first-order chi connectivity index (χ1) is 12.0. The number of hydrogen-bond donors (Lipinski definition) is 0. The predicted molar refractivity (Wildman–Crippen MR) is 108 cm³/mol. The average molecular weight is 377 g/mol. The molecule has 1 aromatic rings. The van der Waals surface area contributed by atoms with Crippen LogP contribution in [0.5, 0.6) is 0 Å². The normalized spacial score (nSPS) is 22.0. The number of ether oxygens (including phenoxy) is 1. The van der Waals surface area contributed by atoms with E-state index in [1.807, 2.05) is 37.3 Å². The van der Waals surface area contributed by atoms with Gasteiger partial charge < -0.3 is 9.57 Å². The average Bonchev–Trinajstić information content (AvgIpc) is 3.33. The van der Waals surface area contributed by atoms with E-state index < -0.39 is 6.04 Å². The van der Waals surface area contributed by atoms with E-state index in [0.29, 0.717) is 0 Å². The van der Waals surface area contributed by atoms with Gasteiger partial charge in [0.15, 0.2) is 5.52 Å². The largest absolute Gasteiger partial charge is 0.365 e. The summed E-state index contributed by atoms with van der Waals surface area (Å²) in [4.78, 5) is 24.2. The van der Waals surface area contributed by atoms with Gasteiger partial charge in [-0.1, -0.05) is 38.7 Å². The molecular formula is C17H21N3O3P2. The van der Waals surface area contributed by atoms with Gasteiger partial charge in [-0.15, -0.1) is 9.24 Å². The molecule has 0 bridgehead atoms. The molecule has 1 aromatic carbocycles. The van der Waals surface area contributed by atoms with Crippen molar-refractivity contribution in [2.45, 2.75) is 31.8 Å². The topological polar surface area (TPSA) is 75.9 Å². The highest BCUT2D eigenvalue weighted by molar-refractivity contribution is 7.40. The second-order valence-electron chi connectivity index (χ2n) is 5.45. The number of epoxide rings is 1. The Morgan fingerprint density at radius 2 is 1.96 bits per heavy atom. The van der Waals surface area contributed by atoms with E-state index >= 15 is 0 Å². The van der Waals surface area contributed by atoms with Crippen LogP contribution in [-0.2, 0) is 14.4 Å². The van der Waals surface area contributed by atoms with E-state index in [9.17, 15) is 4.79 Å². The molecule has 132 valence electrons. The number of aliphatic imine (C=N–C) groups is 2. The van der Waals surface area contributed by atoms with Gasteiger partial charge >= 0.3 is 0 Å². The van der Waals surface area contributed by atoms with Crippen molar-refractivity contribution in [3.8, 4) is 0 Å². The van der Waals surface area contributed by atoms with Crippen LogP contribution in [0, 0.1) is 0 Å². The monoisotopic (exact) mass is 377 g/mol. The van der Waals surface area contributed by atoms with E-state index in [-0.39, 0.29) is 17.5 Å². The number of nitrogens with zero attached hydrogens (tertiary/aromatic N) is 3. The summed E-state index contributed by atoms with van der Waals surface area (Å²) in [6.07, 6.45) is 6.46. The lowest BCUT2D eigenvalue weighted by atomic mass is 10.1.